The maximum absolute atomic E-state index is 12.9. The van der Waals surface area contributed by atoms with Crippen LogP contribution in [-0.2, 0) is 11.2 Å². The Hall–Kier alpha value is -3.74. The minimum absolute atomic E-state index is 0.172. The Morgan fingerprint density at radius 3 is 2.53 bits per heavy atom. The summed E-state index contributed by atoms with van der Waals surface area (Å²) in [6, 6.07) is 18.2. The van der Waals surface area contributed by atoms with Gasteiger partial charge >= 0.3 is 0 Å². The molecule has 2 aromatic heterocycles. The monoisotopic (exact) mass is 398 g/mol. The fourth-order valence-corrected chi connectivity index (χ4v) is 3.95. The zero-order chi connectivity index (χ0) is 20.3. The van der Waals surface area contributed by atoms with Gasteiger partial charge in [0.1, 0.15) is 12.1 Å². The number of nitrogens with zero attached hydrogens (tertiary/aromatic N) is 6. The SMILES string of the molecule is O=C(Cc1cccc2ccccc12)N1CCN(c2cc(-n3cccn3)ncn2)CC1. The number of aromatic nitrogens is 4. The highest BCUT2D eigenvalue weighted by Gasteiger charge is 2.22. The lowest BCUT2D eigenvalue weighted by molar-refractivity contribution is -0.130. The second-order valence-electron chi connectivity index (χ2n) is 7.37. The third kappa shape index (κ3) is 3.61. The number of carbonyl (C=O) groups excluding carboxylic acids is 1. The molecule has 30 heavy (non-hydrogen) atoms. The first kappa shape index (κ1) is 18.3. The molecular formula is C23H22N6O. The van der Waals surface area contributed by atoms with E-state index in [1.165, 1.54) is 5.39 Å². The van der Waals surface area contributed by atoms with Crippen molar-refractivity contribution in [2.24, 2.45) is 0 Å². The Kier molecular flexibility index (Phi) is 4.85. The number of benzene rings is 2. The predicted octanol–water partition coefficient (Wildman–Crippen LogP) is 2.71. The fourth-order valence-electron chi connectivity index (χ4n) is 3.95. The van der Waals surface area contributed by atoms with Gasteiger partial charge in [0.2, 0.25) is 5.91 Å². The van der Waals surface area contributed by atoms with Crippen molar-refractivity contribution in [2.45, 2.75) is 6.42 Å². The van der Waals surface area contributed by atoms with Crippen LogP contribution >= 0.6 is 0 Å². The number of carbonyl (C=O) groups is 1. The molecule has 0 aliphatic carbocycles. The molecule has 2 aromatic carbocycles. The minimum Gasteiger partial charge on any atom is -0.353 e. The lowest BCUT2D eigenvalue weighted by Crippen LogP contribution is -2.49. The molecule has 0 radical (unpaired) electrons. The lowest BCUT2D eigenvalue weighted by Gasteiger charge is -2.35. The first-order chi connectivity index (χ1) is 14.8. The predicted molar refractivity (Wildman–Crippen MR) is 116 cm³/mol. The summed E-state index contributed by atoms with van der Waals surface area (Å²) in [6.07, 6.45) is 5.57. The molecule has 7 nitrogen and oxygen atoms in total. The van der Waals surface area contributed by atoms with Crippen LogP contribution in [0.25, 0.3) is 16.6 Å². The molecule has 150 valence electrons. The van der Waals surface area contributed by atoms with Gasteiger partial charge in [-0.25, -0.2) is 14.6 Å². The summed E-state index contributed by atoms with van der Waals surface area (Å²) < 4.78 is 1.72. The molecule has 7 heteroatoms. The molecule has 1 fully saturated rings. The summed E-state index contributed by atoms with van der Waals surface area (Å²) >= 11 is 0. The van der Waals surface area contributed by atoms with E-state index in [-0.39, 0.29) is 5.91 Å². The van der Waals surface area contributed by atoms with Crippen molar-refractivity contribution in [3.05, 3.63) is 78.9 Å². The van der Waals surface area contributed by atoms with Crippen molar-refractivity contribution >= 4 is 22.5 Å². The van der Waals surface area contributed by atoms with Crippen molar-refractivity contribution in [2.75, 3.05) is 31.1 Å². The average Bonchev–Trinajstić information content (AvgIpc) is 3.35. The van der Waals surface area contributed by atoms with E-state index >= 15 is 0 Å². The normalized spacial score (nSPS) is 14.3. The highest BCUT2D eigenvalue weighted by atomic mass is 16.2. The van der Waals surface area contributed by atoms with Gasteiger partial charge in [0, 0.05) is 44.6 Å². The van der Waals surface area contributed by atoms with E-state index in [0.29, 0.717) is 19.5 Å². The zero-order valence-electron chi connectivity index (χ0n) is 16.6. The van der Waals surface area contributed by atoms with Gasteiger partial charge in [0.05, 0.1) is 6.42 Å². The van der Waals surface area contributed by atoms with Crippen LogP contribution in [0.3, 0.4) is 0 Å². The molecule has 0 bridgehead atoms. The summed E-state index contributed by atoms with van der Waals surface area (Å²) in [6.45, 7) is 2.86. The molecule has 5 rings (SSSR count). The first-order valence-electron chi connectivity index (χ1n) is 10.1. The molecule has 0 saturated carbocycles. The van der Waals surface area contributed by atoms with Gasteiger partial charge in [-0.05, 0) is 22.4 Å². The third-order valence-corrected chi connectivity index (χ3v) is 5.56. The van der Waals surface area contributed by atoms with Crippen LogP contribution in [0, 0.1) is 0 Å². The maximum Gasteiger partial charge on any atom is 0.227 e. The Morgan fingerprint density at radius 1 is 0.900 bits per heavy atom. The first-order valence-corrected chi connectivity index (χ1v) is 10.1. The van der Waals surface area contributed by atoms with Gasteiger partial charge in [0.15, 0.2) is 5.82 Å². The minimum atomic E-state index is 0.172. The lowest BCUT2D eigenvalue weighted by atomic mass is 10.0. The fraction of sp³-hybridized carbons (Fsp3) is 0.217. The second kappa shape index (κ2) is 7.94. The summed E-state index contributed by atoms with van der Waals surface area (Å²) in [7, 11) is 0. The Bertz CT molecular complexity index is 1160. The van der Waals surface area contributed by atoms with E-state index in [4.69, 9.17) is 0 Å². The summed E-state index contributed by atoms with van der Waals surface area (Å²) in [4.78, 5) is 25.8. The van der Waals surface area contributed by atoms with E-state index in [2.05, 4.69) is 38.2 Å². The number of fused-ring (bicyclic) bond motifs is 1. The summed E-state index contributed by atoms with van der Waals surface area (Å²) in [5, 5.41) is 6.55. The zero-order valence-corrected chi connectivity index (χ0v) is 16.6. The van der Waals surface area contributed by atoms with Crippen LogP contribution in [0.1, 0.15) is 5.56 Å². The van der Waals surface area contributed by atoms with Crippen molar-refractivity contribution in [1.82, 2.24) is 24.6 Å². The van der Waals surface area contributed by atoms with Gasteiger partial charge in [0.25, 0.3) is 0 Å². The second-order valence-corrected chi connectivity index (χ2v) is 7.37. The Labute approximate surface area is 174 Å². The van der Waals surface area contributed by atoms with Gasteiger partial charge in [-0.1, -0.05) is 42.5 Å². The van der Waals surface area contributed by atoms with Gasteiger partial charge in [-0.3, -0.25) is 4.79 Å². The van der Waals surface area contributed by atoms with E-state index in [9.17, 15) is 4.79 Å². The number of hydrogen-bond acceptors (Lipinski definition) is 5. The Morgan fingerprint density at radius 2 is 1.70 bits per heavy atom. The summed E-state index contributed by atoms with van der Waals surface area (Å²) in [5.74, 6) is 1.77. The molecule has 1 aliphatic heterocycles. The molecule has 0 atom stereocenters. The molecule has 0 unspecified atom stereocenters. The molecule has 0 N–H and O–H groups in total. The molecule has 0 spiro atoms. The summed E-state index contributed by atoms with van der Waals surface area (Å²) in [5.41, 5.74) is 1.08. The van der Waals surface area contributed by atoms with E-state index < -0.39 is 0 Å². The molecular weight excluding hydrogens is 376 g/mol. The molecule has 1 saturated heterocycles. The smallest absolute Gasteiger partial charge is 0.227 e. The van der Waals surface area contributed by atoms with Crippen LogP contribution < -0.4 is 4.90 Å². The largest absolute Gasteiger partial charge is 0.353 e. The van der Waals surface area contributed by atoms with Crippen molar-refractivity contribution in [1.29, 1.82) is 0 Å². The Balaban J connectivity index is 1.25. The number of piperazine rings is 1. The standard InChI is InChI=1S/C23H22N6O/c30-23(15-19-7-3-6-18-5-1-2-8-20(18)19)28-13-11-27(12-14-28)21-16-22(25-17-24-21)29-10-4-9-26-29/h1-10,16-17H,11-15H2. The molecule has 1 aliphatic rings. The van der Waals surface area contributed by atoms with Gasteiger partial charge in [-0.2, -0.15) is 5.10 Å². The van der Waals surface area contributed by atoms with Gasteiger partial charge in [-0.15, -0.1) is 0 Å². The molecule has 3 heterocycles. The van der Waals surface area contributed by atoms with E-state index in [1.807, 2.05) is 47.5 Å². The van der Waals surface area contributed by atoms with Gasteiger partial charge < -0.3 is 9.80 Å². The van der Waals surface area contributed by atoms with Crippen LogP contribution in [0.4, 0.5) is 5.82 Å². The molecule has 4 aromatic rings. The van der Waals surface area contributed by atoms with Crippen molar-refractivity contribution in [3.63, 3.8) is 0 Å². The van der Waals surface area contributed by atoms with Crippen LogP contribution in [-0.4, -0.2) is 56.7 Å². The third-order valence-electron chi connectivity index (χ3n) is 5.56. The van der Waals surface area contributed by atoms with Crippen LogP contribution in [0.5, 0.6) is 0 Å². The topological polar surface area (TPSA) is 67.2 Å². The highest BCUT2D eigenvalue weighted by molar-refractivity contribution is 5.90. The number of hydrogen-bond donors (Lipinski definition) is 0. The number of amides is 1. The maximum atomic E-state index is 12.9. The average molecular weight is 398 g/mol. The molecule has 1 amide bonds. The van der Waals surface area contributed by atoms with E-state index in [0.717, 1.165) is 35.7 Å². The van der Waals surface area contributed by atoms with Crippen molar-refractivity contribution in [3.8, 4) is 5.82 Å². The number of rotatable bonds is 4. The number of anilines is 1. The quantitative estimate of drug-likeness (QED) is 0.529. The van der Waals surface area contributed by atoms with Crippen LogP contribution in [0.15, 0.2) is 73.3 Å². The van der Waals surface area contributed by atoms with Crippen molar-refractivity contribution < 1.29 is 4.79 Å². The highest BCUT2D eigenvalue weighted by Crippen LogP contribution is 2.20. The van der Waals surface area contributed by atoms with Crippen LogP contribution in [0.2, 0.25) is 0 Å². The van der Waals surface area contributed by atoms with E-state index in [1.54, 1.807) is 17.2 Å².